The molecule has 16 heavy (non-hydrogen) atoms. The molecule has 4 heteroatoms. The molecule has 0 aromatic carbocycles. The SMILES string of the molecule is C[C@@H]1CC(O)C(=O)C[C@H]1OC(=O)C(C)(C)C. The van der Waals surface area contributed by atoms with Gasteiger partial charge in [0.1, 0.15) is 12.2 Å². The maximum atomic E-state index is 11.7. The lowest BCUT2D eigenvalue weighted by Crippen LogP contribution is -2.41. The van der Waals surface area contributed by atoms with E-state index in [1.165, 1.54) is 0 Å². The number of hydrogen-bond donors (Lipinski definition) is 1. The monoisotopic (exact) mass is 228 g/mol. The fourth-order valence-electron chi connectivity index (χ4n) is 1.64. The molecule has 1 fully saturated rings. The van der Waals surface area contributed by atoms with Crippen LogP contribution in [0.15, 0.2) is 0 Å². The maximum absolute atomic E-state index is 11.7. The highest BCUT2D eigenvalue weighted by molar-refractivity contribution is 5.84. The molecule has 0 spiro atoms. The summed E-state index contributed by atoms with van der Waals surface area (Å²) < 4.78 is 5.32. The van der Waals surface area contributed by atoms with E-state index in [1.807, 2.05) is 6.92 Å². The summed E-state index contributed by atoms with van der Waals surface area (Å²) in [6.45, 7) is 7.22. The molecule has 4 nitrogen and oxygen atoms in total. The fraction of sp³-hybridized carbons (Fsp3) is 0.833. The average molecular weight is 228 g/mol. The van der Waals surface area contributed by atoms with Crippen LogP contribution in [0.25, 0.3) is 0 Å². The van der Waals surface area contributed by atoms with Gasteiger partial charge in [-0.25, -0.2) is 0 Å². The van der Waals surface area contributed by atoms with Crippen molar-refractivity contribution in [2.45, 2.75) is 52.7 Å². The van der Waals surface area contributed by atoms with E-state index in [0.717, 1.165) is 0 Å². The fourth-order valence-corrected chi connectivity index (χ4v) is 1.64. The van der Waals surface area contributed by atoms with Crippen LogP contribution in [0.3, 0.4) is 0 Å². The van der Waals surface area contributed by atoms with Crippen LogP contribution >= 0.6 is 0 Å². The lowest BCUT2D eigenvalue weighted by molar-refractivity contribution is -0.166. The van der Waals surface area contributed by atoms with E-state index in [1.54, 1.807) is 20.8 Å². The Hall–Kier alpha value is -0.900. The van der Waals surface area contributed by atoms with Gasteiger partial charge in [0, 0.05) is 6.42 Å². The summed E-state index contributed by atoms with van der Waals surface area (Å²) in [7, 11) is 0. The van der Waals surface area contributed by atoms with Crippen LogP contribution in [-0.2, 0) is 14.3 Å². The van der Waals surface area contributed by atoms with Gasteiger partial charge in [-0.15, -0.1) is 0 Å². The molecule has 0 heterocycles. The zero-order valence-corrected chi connectivity index (χ0v) is 10.3. The van der Waals surface area contributed by atoms with Gasteiger partial charge in [0.05, 0.1) is 5.41 Å². The third-order valence-electron chi connectivity index (χ3n) is 2.87. The second kappa shape index (κ2) is 4.53. The Kier molecular flexibility index (Phi) is 3.73. The van der Waals surface area contributed by atoms with Crippen molar-refractivity contribution < 1.29 is 19.4 Å². The molecule has 1 N–H and O–H groups in total. The first-order chi connectivity index (χ1) is 7.21. The molecule has 0 radical (unpaired) electrons. The van der Waals surface area contributed by atoms with Gasteiger partial charge in [0.25, 0.3) is 0 Å². The van der Waals surface area contributed by atoms with Gasteiger partial charge in [0.2, 0.25) is 0 Å². The third kappa shape index (κ3) is 3.04. The van der Waals surface area contributed by atoms with Crippen LogP contribution in [0.5, 0.6) is 0 Å². The Morgan fingerprint density at radius 1 is 1.44 bits per heavy atom. The van der Waals surface area contributed by atoms with Crippen LogP contribution in [0.1, 0.15) is 40.5 Å². The smallest absolute Gasteiger partial charge is 0.311 e. The molecule has 1 aliphatic carbocycles. The van der Waals surface area contributed by atoms with E-state index in [4.69, 9.17) is 4.74 Å². The summed E-state index contributed by atoms with van der Waals surface area (Å²) in [4.78, 5) is 23.0. The molecule has 3 atom stereocenters. The Morgan fingerprint density at radius 3 is 2.50 bits per heavy atom. The minimum absolute atomic E-state index is 0.0269. The van der Waals surface area contributed by atoms with Gasteiger partial charge in [-0.2, -0.15) is 0 Å². The van der Waals surface area contributed by atoms with E-state index >= 15 is 0 Å². The number of Topliss-reactive ketones (excluding diaryl/α,β-unsaturated/α-hetero) is 1. The largest absolute Gasteiger partial charge is 0.461 e. The first-order valence-electron chi connectivity index (χ1n) is 5.63. The number of aliphatic hydroxyl groups is 1. The second-order valence-electron chi connectivity index (χ2n) is 5.59. The molecule has 1 unspecified atom stereocenters. The molecular formula is C12H20O4. The first kappa shape index (κ1) is 13.2. The maximum Gasteiger partial charge on any atom is 0.311 e. The van der Waals surface area contributed by atoms with Crippen LogP contribution < -0.4 is 0 Å². The van der Waals surface area contributed by atoms with E-state index in [-0.39, 0.29) is 30.2 Å². The molecule has 1 aliphatic rings. The van der Waals surface area contributed by atoms with Crippen molar-refractivity contribution in [3.05, 3.63) is 0 Å². The molecule has 0 aromatic rings. The van der Waals surface area contributed by atoms with Crippen molar-refractivity contribution in [2.75, 3.05) is 0 Å². The molecule has 0 bridgehead atoms. The molecular weight excluding hydrogens is 208 g/mol. The van der Waals surface area contributed by atoms with Crippen LogP contribution in [0.2, 0.25) is 0 Å². The summed E-state index contributed by atoms with van der Waals surface area (Å²) in [5.41, 5.74) is -0.557. The van der Waals surface area contributed by atoms with Crippen molar-refractivity contribution in [3.8, 4) is 0 Å². The zero-order valence-electron chi connectivity index (χ0n) is 10.3. The third-order valence-corrected chi connectivity index (χ3v) is 2.87. The molecule has 92 valence electrons. The Balaban J connectivity index is 2.61. The summed E-state index contributed by atoms with van der Waals surface area (Å²) in [5, 5.41) is 9.37. The quantitative estimate of drug-likeness (QED) is 0.687. The number of ether oxygens (including phenoxy) is 1. The number of carbonyl (C=O) groups is 2. The van der Waals surface area contributed by atoms with Crippen molar-refractivity contribution in [3.63, 3.8) is 0 Å². The van der Waals surface area contributed by atoms with Gasteiger partial charge in [-0.1, -0.05) is 6.92 Å². The van der Waals surface area contributed by atoms with E-state index in [2.05, 4.69) is 0 Å². The Labute approximate surface area is 96.0 Å². The summed E-state index contributed by atoms with van der Waals surface area (Å²) in [5.74, 6) is -0.502. The lowest BCUT2D eigenvalue weighted by Gasteiger charge is -2.32. The number of aliphatic hydroxyl groups excluding tert-OH is 1. The Bertz CT molecular complexity index is 290. The van der Waals surface area contributed by atoms with Crippen LogP contribution in [0.4, 0.5) is 0 Å². The van der Waals surface area contributed by atoms with Crippen molar-refractivity contribution in [1.82, 2.24) is 0 Å². The Morgan fingerprint density at radius 2 is 2.00 bits per heavy atom. The van der Waals surface area contributed by atoms with Gasteiger partial charge in [0.15, 0.2) is 5.78 Å². The van der Waals surface area contributed by atoms with Crippen molar-refractivity contribution in [1.29, 1.82) is 0 Å². The highest BCUT2D eigenvalue weighted by Gasteiger charge is 2.36. The van der Waals surface area contributed by atoms with Gasteiger partial charge >= 0.3 is 5.97 Å². The average Bonchev–Trinajstić information content (AvgIpc) is 2.12. The van der Waals surface area contributed by atoms with Crippen LogP contribution in [0, 0.1) is 11.3 Å². The molecule has 0 saturated heterocycles. The number of rotatable bonds is 1. The predicted molar refractivity (Wildman–Crippen MR) is 58.7 cm³/mol. The lowest BCUT2D eigenvalue weighted by atomic mass is 9.85. The van der Waals surface area contributed by atoms with Crippen LogP contribution in [-0.4, -0.2) is 29.1 Å². The molecule has 0 aromatic heterocycles. The highest BCUT2D eigenvalue weighted by atomic mass is 16.5. The number of ketones is 1. The molecule has 0 amide bonds. The molecule has 1 saturated carbocycles. The number of carbonyl (C=O) groups excluding carboxylic acids is 2. The topological polar surface area (TPSA) is 63.6 Å². The summed E-state index contributed by atoms with van der Waals surface area (Å²) >= 11 is 0. The van der Waals surface area contributed by atoms with Crippen molar-refractivity contribution in [2.24, 2.45) is 11.3 Å². The van der Waals surface area contributed by atoms with E-state index in [0.29, 0.717) is 6.42 Å². The van der Waals surface area contributed by atoms with Gasteiger partial charge in [-0.3, -0.25) is 9.59 Å². The van der Waals surface area contributed by atoms with E-state index in [9.17, 15) is 14.7 Å². The highest BCUT2D eigenvalue weighted by Crippen LogP contribution is 2.27. The standard InChI is InChI=1S/C12H20O4/c1-7-5-8(13)9(14)6-10(7)16-11(15)12(2,3)4/h7-8,10,13H,5-6H2,1-4H3/t7-,8?,10-/m1/s1. The summed E-state index contributed by atoms with van der Waals surface area (Å²) in [6, 6.07) is 0. The van der Waals surface area contributed by atoms with Crippen molar-refractivity contribution >= 4 is 11.8 Å². The minimum atomic E-state index is -0.889. The second-order valence-corrected chi connectivity index (χ2v) is 5.59. The number of hydrogen-bond acceptors (Lipinski definition) is 4. The first-order valence-corrected chi connectivity index (χ1v) is 5.63. The molecule has 0 aliphatic heterocycles. The van der Waals surface area contributed by atoms with E-state index < -0.39 is 11.5 Å². The van der Waals surface area contributed by atoms with Gasteiger partial charge in [-0.05, 0) is 33.1 Å². The zero-order chi connectivity index (χ0) is 12.5. The van der Waals surface area contributed by atoms with Gasteiger partial charge < -0.3 is 9.84 Å². The minimum Gasteiger partial charge on any atom is -0.461 e. The summed E-state index contributed by atoms with van der Waals surface area (Å²) in [6.07, 6.45) is -0.771. The number of esters is 1. The molecule has 1 rings (SSSR count). The predicted octanol–water partition coefficient (Wildman–Crippen LogP) is 1.30. The normalized spacial score (nSPS) is 31.3.